The predicted octanol–water partition coefficient (Wildman–Crippen LogP) is 1.07. The van der Waals surface area contributed by atoms with E-state index < -0.39 is 7.82 Å². The van der Waals surface area contributed by atoms with E-state index in [1.54, 1.807) is 13.0 Å². The Morgan fingerprint density at radius 1 is 1.25 bits per heavy atom. The first-order valence-electron chi connectivity index (χ1n) is 6.37. The summed E-state index contributed by atoms with van der Waals surface area (Å²) in [7, 11) is 1.48. The van der Waals surface area contributed by atoms with Gasteiger partial charge in [-0.2, -0.15) is 0 Å². The van der Waals surface area contributed by atoms with Gasteiger partial charge in [-0.25, -0.2) is 9.36 Å². The van der Waals surface area contributed by atoms with Gasteiger partial charge in [0.15, 0.2) is 0 Å². The molecule has 20 heavy (non-hydrogen) atoms. The maximum Gasteiger partial charge on any atom is 0.469 e. The molecule has 0 heterocycles. The van der Waals surface area contributed by atoms with Gasteiger partial charge in [-0.1, -0.05) is 6.08 Å². The van der Waals surface area contributed by atoms with Crippen LogP contribution >= 0.6 is 7.82 Å². The first kappa shape index (κ1) is 19.3. The van der Waals surface area contributed by atoms with Gasteiger partial charge in [0.1, 0.15) is 0 Å². The van der Waals surface area contributed by atoms with Crippen LogP contribution in [-0.4, -0.2) is 60.6 Å². The van der Waals surface area contributed by atoms with E-state index in [1.165, 1.54) is 6.08 Å². The molecule has 0 bridgehead atoms. The lowest BCUT2D eigenvalue weighted by Crippen LogP contribution is -2.46. The maximum atomic E-state index is 11.2. The number of quaternary nitrogens is 1. The minimum absolute atomic E-state index is 0.0345. The number of carbonyl (C=O) groups excluding carboxylic acids is 1. The number of hydrogen-bond acceptors (Lipinski definition) is 4. The second-order valence-corrected chi connectivity index (χ2v) is 6.58. The SMILES string of the molecule is CC=CC(=O)OCCC(CCOP(=O)(O)O)[N+](C)(C)C. The smallest absolute Gasteiger partial charge is 0.462 e. The summed E-state index contributed by atoms with van der Waals surface area (Å²) in [5, 5.41) is 0. The molecule has 118 valence electrons. The molecule has 0 radical (unpaired) electrons. The highest BCUT2D eigenvalue weighted by atomic mass is 31.2. The van der Waals surface area contributed by atoms with Crippen LogP contribution in [0.4, 0.5) is 0 Å². The van der Waals surface area contributed by atoms with Crippen LogP contribution in [0.1, 0.15) is 19.8 Å². The number of rotatable bonds is 9. The second kappa shape index (κ2) is 8.54. The largest absolute Gasteiger partial charge is 0.469 e. The first-order chi connectivity index (χ1) is 9.06. The zero-order valence-corrected chi connectivity index (χ0v) is 13.4. The summed E-state index contributed by atoms with van der Waals surface area (Å²) in [5.41, 5.74) is 0. The molecular formula is C12H25NO6P+. The van der Waals surface area contributed by atoms with Crippen molar-refractivity contribution in [3.05, 3.63) is 12.2 Å². The summed E-state index contributed by atoms with van der Waals surface area (Å²) in [4.78, 5) is 28.5. The fourth-order valence-electron chi connectivity index (χ4n) is 1.71. The van der Waals surface area contributed by atoms with Crippen molar-refractivity contribution < 1.29 is 32.9 Å². The molecule has 0 aliphatic rings. The van der Waals surface area contributed by atoms with Gasteiger partial charge in [0.05, 0.1) is 40.4 Å². The molecule has 0 saturated heterocycles. The third kappa shape index (κ3) is 10.1. The van der Waals surface area contributed by atoms with E-state index in [4.69, 9.17) is 14.5 Å². The van der Waals surface area contributed by atoms with Crippen LogP contribution in [0.5, 0.6) is 0 Å². The fraction of sp³-hybridized carbons (Fsp3) is 0.750. The van der Waals surface area contributed by atoms with E-state index in [-0.39, 0.29) is 25.2 Å². The van der Waals surface area contributed by atoms with Crippen LogP contribution in [0.25, 0.3) is 0 Å². The number of hydrogen-bond donors (Lipinski definition) is 2. The van der Waals surface area contributed by atoms with Crippen molar-refractivity contribution in [2.45, 2.75) is 25.8 Å². The van der Waals surface area contributed by atoms with Crippen LogP contribution in [0.3, 0.4) is 0 Å². The van der Waals surface area contributed by atoms with Gasteiger partial charge >= 0.3 is 13.8 Å². The number of phosphoric acid groups is 1. The Hall–Kier alpha value is -0.720. The number of nitrogens with zero attached hydrogens (tertiary/aromatic N) is 1. The van der Waals surface area contributed by atoms with Gasteiger partial charge in [0, 0.05) is 18.9 Å². The predicted molar refractivity (Wildman–Crippen MR) is 74.8 cm³/mol. The molecule has 0 aliphatic heterocycles. The molecule has 0 aliphatic carbocycles. The normalized spacial score (nSPS) is 14.5. The quantitative estimate of drug-likeness (QED) is 0.286. The zero-order chi connectivity index (χ0) is 15.8. The van der Waals surface area contributed by atoms with Gasteiger partial charge in [-0.3, -0.25) is 4.52 Å². The van der Waals surface area contributed by atoms with E-state index in [0.29, 0.717) is 17.3 Å². The Bertz CT molecular complexity index is 371. The molecule has 0 aromatic carbocycles. The van der Waals surface area contributed by atoms with Crippen LogP contribution in [0.2, 0.25) is 0 Å². The molecule has 7 nitrogen and oxygen atoms in total. The Labute approximate surface area is 120 Å². The minimum Gasteiger partial charge on any atom is -0.462 e. The monoisotopic (exact) mass is 310 g/mol. The molecule has 0 amide bonds. The molecule has 0 saturated carbocycles. The molecule has 1 atom stereocenters. The molecule has 8 heteroatoms. The van der Waals surface area contributed by atoms with E-state index in [1.807, 2.05) is 21.1 Å². The fourth-order valence-corrected chi connectivity index (χ4v) is 2.05. The first-order valence-corrected chi connectivity index (χ1v) is 7.90. The Balaban J connectivity index is 4.24. The number of carbonyl (C=O) groups is 1. The van der Waals surface area contributed by atoms with Crippen LogP contribution in [0.15, 0.2) is 12.2 Å². The number of ether oxygens (including phenoxy) is 1. The van der Waals surface area contributed by atoms with Crippen molar-refractivity contribution in [3.8, 4) is 0 Å². The lowest BCUT2D eigenvalue weighted by atomic mass is 10.1. The Kier molecular flexibility index (Phi) is 8.23. The summed E-state index contributed by atoms with van der Waals surface area (Å²) in [6, 6.07) is 0.0694. The van der Waals surface area contributed by atoms with Crippen molar-refractivity contribution in [1.82, 2.24) is 0 Å². The van der Waals surface area contributed by atoms with Gasteiger partial charge in [-0.05, 0) is 6.92 Å². The number of esters is 1. The second-order valence-electron chi connectivity index (χ2n) is 5.34. The molecule has 0 rings (SSSR count). The maximum absolute atomic E-state index is 11.2. The average Bonchev–Trinajstić information content (AvgIpc) is 2.24. The number of allylic oxidation sites excluding steroid dienone is 1. The van der Waals surface area contributed by atoms with Crippen molar-refractivity contribution in [3.63, 3.8) is 0 Å². The lowest BCUT2D eigenvalue weighted by Gasteiger charge is -2.34. The van der Waals surface area contributed by atoms with Crippen molar-refractivity contribution in [2.24, 2.45) is 0 Å². The standard InChI is InChI=1S/C12H24NO6P/c1-5-6-12(14)18-9-7-11(13(2,3)4)8-10-19-20(15,16)17/h5-6,11H,7-10H2,1-4H3,(H-,15,16,17)/p+1. The van der Waals surface area contributed by atoms with Crippen LogP contribution < -0.4 is 0 Å². The van der Waals surface area contributed by atoms with Gasteiger partial charge < -0.3 is 19.0 Å². The average molecular weight is 310 g/mol. The molecule has 1 unspecified atom stereocenters. The summed E-state index contributed by atoms with van der Waals surface area (Å²) in [5.74, 6) is -0.390. The van der Waals surface area contributed by atoms with Gasteiger partial charge in [0.25, 0.3) is 0 Å². The molecular weight excluding hydrogens is 285 g/mol. The zero-order valence-electron chi connectivity index (χ0n) is 12.5. The summed E-state index contributed by atoms with van der Waals surface area (Å²) < 4.78 is 20.7. The van der Waals surface area contributed by atoms with Gasteiger partial charge in [-0.15, -0.1) is 0 Å². The topological polar surface area (TPSA) is 93.1 Å². The summed E-state index contributed by atoms with van der Waals surface area (Å²) in [6.45, 7) is 1.96. The van der Waals surface area contributed by atoms with Crippen molar-refractivity contribution >= 4 is 13.8 Å². The Morgan fingerprint density at radius 2 is 1.80 bits per heavy atom. The van der Waals surface area contributed by atoms with E-state index >= 15 is 0 Å². The van der Waals surface area contributed by atoms with E-state index in [2.05, 4.69) is 4.52 Å². The van der Waals surface area contributed by atoms with Crippen molar-refractivity contribution in [2.75, 3.05) is 34.4 Å². The highest BCUT2D eigenvalue weighted by molar-refractivity contribution is 7.46. The van der Waals surface area contributed by atoms with Crippen LogP contribution in [-0.2, 0) is 18.6 Å². The van der Waals surface area contributed by atoms with E-state index in [9.17, 15) is 9.36 Å². The molecule has 2 N–H and O–H groups in total. The van der Waals surface area contributed by atoms with Crippen molar-refractivity contribution in [1.29, 1.82) is 0 Å². The highest BCUT2D eigenvalue weighted by Gasteiger charge is 2.25. The molecule has 0 spiro atoms. The Morgan fingerprint density at radius 3 is 2.25 bits per heavy atom. The summed E-state index contributed by atoms with van der Waals surface area (Å²) in [6.07, 6.45) is 4.01. The van der Waals surface area contributed by atoms with Gasteiger partial charge in [0.2, 0.25) is 0 Å². The van der Waals surface area contributed by atoms with E-state index in [0.717, 1.165) is 0 Å². The minimum atomic E-state index is -4.43. The molecule has 0 aromatic heterocycles. The highest BCUT2D eigenvalue weighted by Crippen LogP contribution is 2.36. The number of phosphoric ester groups is 1. The lowest BCUT2D eigenvalue weighted by molar-refractivity contribution is -0.896. The van der Waals surface area contributed by atoms with Crippen LogP contribution in [0, 0.1) is 0 Å². The third-order valence-corrected chi connectivity index (χ3v) is 3.32. The third-order valence-electron chi connectivity index (χ3n) is 2.80. The molecule has 0 fully saturated rings. The molecule has 0 aromatic rings. The summed E-state index contributed by atoms with van der Waals surface area (Å²) >= 11 is 0.